The third-order valence-electron chi connectivity index (χ3n) is 1.49. The van der Waals surface area contributed by atoms with Crippen molar-refractivity contribution in [3.63, 3.8) is 0 Å². The number of hydrogen-bond donors (Lipinski definition) is 0. The summed E-state index contributed by atoms with van der Waals surface area (Å²) in [5, 5.41) is 0. The smallest absolute Gasteiger partial charge is 0.261 e. The van der Waals surface area contributed by atoms with Crippen molar-refractivity contribution < 1.29 is 13.9 Å². The summed E-state index contributed by atoms with van der Waals surface area (Å²) in [5.41, 5.74) is 0. The van der Waals surface area contributed by atoms with Gasteiger partial charge in [-0.15, -0.1) is 6.58 Å². The molecule has 0 aliphatic carbocycles. The van der Waals surface area contributed by atoms with Crippen LogP contribution in [0.3, 0.4) is 0 Å². The molecule has 0 saturated heterocycles. The van der Waals surface area contributed by atoms with Crippen molar-refractivity contribution in [2.24, 2.45) is 0 Å². The van der Waals surface area contributed by atoms with Crippen LogP contribution in [0.1, 0.15) is 26.7 Å². The SMILES string of the molecule is C=CC[SiH2]OC(OCCC)OCCC. The second-order valence-electron chi connectivity index (χ2n) is 2.98. The lowest BCUT2D eigenvalue weighted by Crippen LogP contribution is -2.23. The Morgan fingerprint density at radius 2 is 1.79 bits per heavy atom. The topological polar surface area (TPSA) is 27.7 Å². The lowest BCUT2D eigenvalue weighted by molar-refractivity contribution is -0.247. The van der Waals surface area contributed by atoms with Crippen LogP contribution < -0.4 is 0 Å². The second kappa shape index (κ2) is 10.9. The van der Waals surface area contributed by atoms with Crippen LogP contribution in [0.2, 0.25) is 6.04 Å². The summed E-state index contributed by atoms with van der Waals surface area (Å²) in [4.78, 5) is 0. The minimum atomic E-state index is -0.560. The van der Waals surface area contributed by atoms with Crippen molar-refractivity contribution in [1.82, 2.24) is 0 Å². The molecule has 84 valence electrons. The lowest BCUT2D eigenvalue weighted by Gasteiger charge is -2.18. The first-order chi connectivity index (χ1) is 6.85. The van der Waals surface area contributed by atoms with Gasteiger partial charge < -0.3 is 13.9 Å². The van der Waals surface area contributed by atoms with Crippen LogP contribution in [-0.4, -0.2) is 29.5 Å². The van der Waals surface area contributed by atoms with E-state index < -0.39 is 16.2 Å². The van der Waals surface area contributed by atoms with Crippen molar-refractivity contribution in [3.05, 3.63) is 12.7 Å². The molecule has 0 rings (SSSR count). The van der Waals surface area contributed by atoms with Crippen LogP contribution in [0.25, 0.3) is 0 Å². The van der Waals surface area contributed by atoms with Crippen molar-refractivity contribution in [1.29, 1.82) is 0 Å². The molecule has 0 aliphatic heterocycles. The molecule has 0 fully saturated rings. The molecule has 0 bridgehead atoms. The first-order valence-electron chi connectivity index (χ1n) is 5.30. The monoisotopic (exact) mass is 218 g/mol. The summed E-state index contributed by atoms with van der Waals surface area (Å²) in [7, 11) is -0.560. The highest BCUT2D eigenvalue weighted by Gasteiger charge is 2.07. The van der Waals surface area contributed by atoms with Gasteiger partial charge in [-0.2, -0.15) is 0 Å². The molecule has 0 saturated carbocycles. The average Bonchev–Trinajstić information content (AvgIpc) is 2.21. The van der Waals surface area contributed by atoms with Crippen LogP contribution in [0.5, 0.6) is 0 Å². The van der Waals surface area contributed by atoms with Crippen molar-refractivity contribution >= 4 is 9.76 Å². The first kappa shape index (κ1) is 13.8. The number of rotatable bonds is 10. The molecule has 0 spiro atoms. The Bertz CT molecular complexity index is 123. The molecule has 14 heavy (non-hydrogen) atoms. The molecule has 0 atom stereocenters. The summed E-state index contributed by atoms with van der Waals surface area (Å²) < 4.78 is 16.3. The highest BCUT2D eigenvalue weighted by Crippen LogP contribution is 2.00. The average molecular weight is 218 g/mol. The Morgan fingerprint density at radius 3 is 2.21 bits per heavy atom. The van der Waals surface area contributed by atoms with E-state index in [4.69, 9.17) is 13.9 Å². The van der Waals surface area contributed by atoms with E-state index in [9.17, 15) is 0 Å². The summed E-state index contributed by atoms with van der Waals surface area (Å²) in [6, 6.07) is 0.960. The maximum Gasteiger partial charge on any atom is 0.261 e. The van der Waals surface area contributed by atoms with Gasteiger partial charge in [0, 0.05) is 0 Å². The van der Waals surface area contributed by atoms with E-state index in [1.54, 1.807) is 0 Å². The molecule has 0 radical (unpaired) electrons. The lowest BCUT2D eigenvalue weighted by atomic mass is 10.5. The molecule has 0 amide bonds. The van der Waals surface area contributed by atoms with Gasteiger partial charge in [0.15, 0.2) is 9.76 Å². The van der Waals surface area contributed by atoms with Gasteiger partial charge in [0.1, 0.15) is 0 Å². The maximum absolute atomic E-state index is 5.51. The largest absolute Gasteiger partial charge is 0.378 e. The van der Waals surface area contributed by atoms with Gasteiger partial charge in [0.05, 0.1) is 13.2 Å². The zero-order chi connectivity index (χ0) is 10.6. The Morgan fingerprint density at radius 1 is 1.21 bits per heavy atom. The molecule has 0 N–H and O–H groups in total. The van der Waals surface area contributed by atoms with Gasteiger partial charge >= 0.3 is 0 Å². The third kappa shape index (κ3) is 8.44. The van der Waals surface area contributed by atoms with E-state index in [-0.39, 0.29) is 0 Å². The zero-order valence-corrected chi connectivity index (χ0v) is 10.7. The second-order valence-corrected chi connectivity index (χ2v) is 4.30. The van der Waals surface area contributed by atoms with E-state index in [2.05, 4.69) is 20.4 Å². The van der Waals surface area contributed by atoms with E-state index >= 15 is 0 Å². The van der Waals surface area contributed by atoms with Crippen LogP contribution in [0.4, 0.5) is 0 Å². The fraction of sp³-hybridized carbons (Fsp3) is 0.800. The minimum absolute atomic E-state index is 0.443. The van der Waals surface area contributed by atoms with E-state index in [1.807, 2.05) is 6.08 Å². The molecule has 0 aromatic carbocycles. The Kier molecular flexibility index (Phi) is 10.8. The number of ether oxygens (including phenoxy) is 2. The summed E-state index contributed by atoms with van der Waals surface area (Å²) >= 11 is 0. The fourth-order valence-electron chi connectivity index (χ4n) is 0.820. The van der Waals surface area contributed by atoms with Gasteiger partial charge in [-0.25, -0.2) is 0 Å². The van der Waals surface area contributed by atoms with Crippen molar-refractivity contribution in [3.8, 4) is 0 Å². The highest BCUT2D eigenvalue weighted by molar-refractivity contribution is 6.27. The number of hydrogen-bond acceptors (Lipinski definition) is 3. The van der Waals surface area contributed by atoms with Crippen molar-refractivity contribution in [2.45, 2.75) is 39.2 Å². The molecule has 0 aromatic rings. The minimum Gasteiger partial charge on any atom is -0.378 e. The predicted molar refractivity (Wildman–Crippen MR) is 60.9 cm³/mol. The summed E-state index contributed by atoms with van der Waals surface area (Å²) in [6.07, 6.45) is 3.85. The van der Waals surface area contributed by atoms with E-state index in [0.717, 1.165) is 18.9 Å². The normalized spacial score (nSPS) is 11.6. The van der Waals surface area contributed by atoms with E-state index in [1.165, 1.54) is 0 Å². The Balaban J connectivity index is 3.54. The van der Waals surface area contributed by atoms with Gasteiger partial charge in [-0.1, -0.05) is 19.9 Å². The Labute approximate surface area is 89.4 Å². The first-order valence-corrected chi connectivity index (χ1v) is 6.88. The standard InChI is InChI=1S/C10H22O3Si/c1-4-7-11-10(12-8-5-2)13-14-9-6-3/h6,10H,3-5,7-9,14H2,1-2H3. The highest BCUT2D eigenvalue weighted by atomic mass is 28.2. The van der Waals surface area contributed by atoms with Gasteiger partial charge in [0.2, 0.25) is 0 Å². The maximum atomic E-state index is 5.51. The van der Waals surface area contributed by atoms with Gasteiger partial charge in [-0.05, 0) is 18.9 Å². The number of allylic oxidation sites excluding steroid dienone is 1. The van der Waals surface area contributed by atoms with Crippen LogP contribution in [0, 0.1) is 0 Å². The molecule has 0 aliphatic rings. The summed E-state index contributed by atoms with van der Waals surface area (Å²) in [6.45, 7) is 8.73. The zero-order valence-electron chi connectivity index (χ0n) is 9.33. The molecule has 0 unspecified atom stereocenters. The molecular formula is C10H22O3Si. The Hall–Kier alpha value is -0.163. The van der Waals surface area contributed by atoms with E-state index in [0.29, 0.717) is 13.2 Å². The van der Waals surface area contributed by atoms with Crippen LogP contribution >= 0.6 is 0 Å². The molecule has 3 nitrogen and oxygen atoms in total. The molecular weight excluding hydrogens is 196 g/mol. The predicted octanol–water partition coefficient (Wildman–Crippen LogP) is 1.83. The van der Waals surface area contributed by atoms with Crippen molar-refractivity contribution in [2.75, 3.05) is 13.2 Å². The molecule has 0 heterocycles. The molecule has 4 heteroatoms. The summed E-state index contributed by atoms with van der Waals surface area (Å²) in [5.74, 6) is 0. The van der Waals surface area contributed by atoms with Crippen LogP contribution in [-0.2, 0) is 13.9 Å². The third-order valence-corrected chi connectivity index (χ3v) is 2.64. The fourth-order valence-corrected chi connectivity index (χ4v) is 1.51. The molecule has 0 aromatic heterocycles. The van der Waals surface area contributed by atoms with Gasteiger partial charge in [-0.3, -0.25) is 0 Å². The van der Waals surface area contributed by atoms with Crippen LogP contribution in [0.15, 0.2) is 12.7 Å². The quantitative estimate of drug-likeness (QED) is 0.242. The van der Waals surface area contributed by atoms with Gasteiger partial charge in [0.25, 0.3) is 6.48 Å².